The smallest absolute Gasteiger partial charge is 0.0909 e. The molecule has 2 rings (SSSR count). The number of likely N-dealkylation sites (tertiary alicyclic amines) is 1. The van der Waals surface area contributed by atoms with E-state index in [1.807, 2.05) is 31.3 Å². The highest BCUT2D eigenvalue weighted by Gasteiger charge is 2.34. The van der Waals surface area contributed by atoms with Crippen molar-refractivity contribution in [2.75, 3.05) is 26.7 Å². The van der Waals surface area contributed by atoms with Crippen LogP contribution in [0.4, 0.5) is 0 Å². The van der Waals surface area contributed by atoms with Crippen molar-refractivity contribution in [3.8, 4) is 0 Å². The molecule has 1 aromatic rings. The highest BCUT2D eigenvalue weighted by atomic mass is 35.5. The number of hydrogen-bond donors (Lipinski definition) is 2. The molecule has 0 aliphatic carbocycles. The summed E-state index contributed by atoms with van der Waals surface area (Å²) < 4.78 is 0. The zero-order valence-electron chi connectivity index (χ0n) is 11.0. The van der Waals surface area contributed by atoms with Crippen LogP contribution in [-0.2, 0) is 0 Å². The van der Waals surface area contributed by atoms with Gasteiger partial charge in [0, 0.05) is 30.7 Å². The van der Waals surface area contributed by atoms with E-state index in [4.69, 9.17) is 11.6 Å². The number of nitrogens with zero attached hydrogens (tertiary/aromatic N) is 1. The van der Waals surface area contributed by atoms with E-state index in [0.717, 1.165) is 24.5 Å². The molecule has 0 bridgehead atoms. The van der Waals surface area contributed by atoms with E-state index in [-0.39, 0.29) is 6.04 Å². The molecule has 2 atom stereocenters. The van der Waals surface area contributed by atoms with Crippen molar-refractivity contribution in [1.82, 2.24) is 10.2 Å². The molecule has 0 spiro atoms. The first kappa shape index (κ1) is 13.8. The molecule has 1 aromatic carbocycles. The van der Waals surface area contributed by atoms with Gasteiger partial charge in [0.1, 0.15) is 0 Å². The SMILES string of the molecule is C[C@H](NC[C@]1(O)CCN(C)C1)c1ccc(Cl)cc1. The van der Waals surface area contributed by atoms with Crippen molar-refractivity contribution in [2.45, 2.75) is 25.0 Å². The first-order valence-electron chi connectivity index (χ1n) is 6.38. The summed E-state index contributed by atoms with van der Waals surface area (Å²) in [6.45, 7) is 4.44. The molecule has 1 heterocycles. The summed E-state index contributed by atoms with van der Waals surface area (Å²) in [7, 11) is 2.04. The Labute approximate surface area is 114 Å². The fourth-order valence-corrected chi connectivity index (χ4v) is 2.54. The predicted octanol–water partition coefficient (Wildman–Crippen LogP) is 2.06. The number of β-amino-alcohol motifs (C(OH)–C–C–N with tert-alkyl or cyclic N) is 1. The van der Waals surface area contributed by atoms with Crippen LogP contribution >= 0.6 is 11.6 Å². The largest absolute Gasteiger partial charge is 0.387 e. The van der Waals surface area contributed by atoms with E-state index in [1.54, 1.807) is 0 Å². The zero-order valence-corrected chi connectivity index (χ0v) is 11.7. The molecule has 18 heavy (non-hydrogen) atoms. The fourth-order valence-electron chi connectivity index (χ4n) is 2.42. The highest BCUT2D eigenvalue weighted by Crippen LogP contribution is 2.21. The van der Waals surface area contributed by atoms with Gasteiger partial charge in [-0.05, 0) is 38.1 Å². The van der Waals surface area contributed by atoms with Gasteiger partial charge in [0.2, 0.25) is 0 Å². The summed E-state index contributed by atoms with van der Waals surface area (Å²) in [6, 6.07) is 8.05. The zero-order chi connectivity index (χ0) is 13.2. The summed E-state index contributed by atoms with van der Waals surface area (Å²) in [5, 5.41) is 14.5. The average Bonchev–Trinajstić information content (AvgIpc) is 2.68. The Morgan fingerprint density at radius 1 is 1.44 bits per heavy atom. The van der Waals surface area contributed by atoms with Crippen LogP contribution in [0.1, 0.15) is 24.9 Å². The fraction of sp³-hybridized carbons (Fsp3) is 0.571. The Morgan fingerprint density at radius 2 is 2.11 bits per heavy atom. The monoisotopic (exact) mass is 268 g/mol. The maximum Gasteiger partial charge on any atom is 0.0909 e. The second kappa shape index (κ2) is 5.57. The Kier molecular flexibility index (Phi) is 4.28. The minimum absolute atomic E-state index is 0.220. The van der Waals surface area contributed by atoms with Crippen molar-refractivity contribution >= 4 is 11.6 Å². The standard InChI is InChI=1S/C14H21ClN2O/c1-11(12-3-5-13(15)6-4-12)16-9-14(18)7-8-17(2)10-14/h3-6,11,16,18H,7-10H2,1-2H3/t11-,14+/m0/s1. The first-order valence-corrected chi connectivity index (χ1v) is 6.76. The molecular formula is C14H21ClN2O. The molecule has 0 saturated carbocycles. The average molecular weight is 269 g/mol. The van der Waals surface area contributed by atoms with Gasteiger partial charge in [-0.15, -0.1) is 0 Å². The van der Waals surface area contributed by atoms with E-state index in [0.29, 0.717) is 6.54 Å². The molecule has 1 saturated heterocycles. The van der Waals surface area contributed by atoms with Gasteiger partial charge in [0.05, 0.1) is 5.60 Å². The minimum Gasteiger partial charge on any atom is -0.387 e. The van der Waals surface area contributed by atoms with Crippen LogP contribution in [0.15, 0.2) is 24.3 Å². The predicted molar refractivity (Wildman–Crippen MR) is 74.9 cm³/mol. The number of rotatable bonds is 4. The number of halogens is 1. The lowest BCUT2D eigenvalue weighted by Crippen LogP contribution is -2.43. The third kappa shape index (κ3) is 3.45. The molecule has 3 nitrogen and oxygen atoms in total. The molecule has 0 unspecified atom stereocenters. The number of benzene rings is 1. The van der Waals surface area contributed by atoms with E-state index in [2.05, 4.69) is 17.1 Å². The third-order valence-corrected chi connectivity index (χ3v) is 3.88. The highest BCUT2D eigenvalue weighted by molar-refractivity contribution is 6.30. The van der Waals surface area contributed by atoms with Gasteiger partial charge in [0.25, 0.3) is 0 Å². The molecule has 1 fully saturated rings. The maximum absolute atomic E-state index is 10.4. The lowest BCUT2D eigenvalue weighted by molar-refractivity contribution is 0.0494. The van der Waals surface area contributed by atoms with Crippen molar-refractivity contribution in [3.63, 3.8) is 0 Å². The van der Waals surface area contributed by atoms with Gasteiger partial charge >= 0.3 is 0 Å². The van der Waals surface area contributed by atoms with Gasteiger partial charge in [-0.3, -0.25) is 0 Å². The number of aliphatic hydroxyl groups is 1. The van der Waals surface area contributed by atoms with Gasteiger partial charge in [-0.2, -0.15) is 0 Å². The molecule has 0 amide bonds. The second-order valence-electron chi connectivity index (χ2n) is 5.37. The van der Waals surface area contributed by atoms with Crippen LogP contribution in [0.25, 0.3) is 0 Å². The van der Waals surface area contributed by atoms with Gasteiger partial charge in [-0.1, -0.05) is 23.7 Å². The third-order valence-electron chi connectivity index (χ3n) is 3.63. The minimum atomic E-state index is -0.588. The molecule has 0 radical (unpaired) electrons. The molecular weight excluding hydrogens is 248 g/mol. The summed E-state index contributed by atoms with van der Waals surface area (Å²) in [4.78, 5) is 2.16. The maximum atomic E-state index is 10.4. The van der Waals surface area contributed by atoms with E-state index < -0.39 is 5.60 Å². The summed E-state index contributed by atoms with van der Waals surface area (Å²) in [5.41, 5.74) is 0.601. The van der Waals surface area contributed by atoms with E-state index in [9.17, 15) is 5.11 Å². The van der Waals surface area contributed by atoms with Crippen LogP contribution < -0.4 is 5.32 Å². The van der Waals surface area contributed by atoms with Crippen molar-refractivity contribution < 1.29 is 5.11 Å². The molecule has 0 aromatic heterocycles. The van der Waals surface area contributed by atoms with Gasteiger partial charge in [0.15, 0.2) is 0 Å². The molecule has 1 aliphatic heterocycles. The van der Waals surface area contributed by atoms with Crippen LogP contribution in [0.5, 0.6) is 0 Å². The topological polar surface area (TPSA) is 35.5 Å². The number of hydrogen-bond acceptors (Lipinski definition) is 3. The summed E-state index contributed by atoms with van der Waals surface area (Å²) in [5.74, 6) is 0. The lowest BCUT2D eigenvalue weighted by Gasteiger charge is -2.25. The normalized spacial score (nSPS) is 26.4. The molecule has 4 heteroatoms. The van der Waals surface area contributed by atoms with Crippen LogP contribution in [0.3, 0.4) is 0 Å². The van der Waals surface area contributed by atoms with Crippen LogP contribution in [0, 0.1) is 0 Å². The van der Waals surface area contributed by atoms with Gasteiger partial charge in [-0.25, -0.2) is 0 Å². The van der Waals surface area contributed by atoms with Crippen LogP contribution in [-0.4, -0.2) is 42.3 Å². The lowest BCUT2D eigenvalue weighted by atomic mass is 10.0. The van der Waals surface area contributed by atoms with Crippen LogP contribution in [0.2, 0.25) is 5.02 Å². The number of nitrogens with one attached hydrogen (secondary N) is 1. The molecule has 2 N–H and O–H groups in total. The molecule has 1 aliphatic rings. The Morgan fingerprint density at radius 3 is 2.67 bits per heavy atom. The van der Waals surface area contributed by atoms with Crippen molar-refractivity contribution in [2.24, 2.45) is 0 Å². The number of likely N-dealkylation sites (N-methyl/N-ethyl adjacent to an activating group) is 1. The summed E-state index contributed by atoms with van der Waals surface area (Å²) in [6.07, 6.45) is 0.837. The van der Waals surface area contributed by atoms with Gasteiger partial charge < -0.3 is 15.3 Å². The van der Waals surface area contributed by atoms with E-state index >= 15 is 0 Å². The second-order valence-corrected chi connectivity index (χ2v) is 5.80. The summed E-state index contributed by atoms with van der Waals surface area (Å²) >= 11 is 5.87. The molecule has 100 valence electrons. The first-order chi connectivity index (χ1) is 8.48. The van der Waals surface area contributed by atoms with E-state index in [1.165, 1.54) is 5.56 Å². The Bertz CT molecular complexity index is 395. The van der Waals surface area contributed by atoms with Crippen molar-refractivity contribution in [3.05, 3.63) is 34.9 Å². The Balaban J connectivity index is 1.88. The van der Waals surface area contributed by atoms with Crippen molar-refractivity contribution in [1.29, 1.82) is 0 Å². The quantitative estimate of drug-likeness (QED) is 0.878. The Hall–Kier alpha value is -0.610.